The molecule has 4 heteroatoms. The van der Waals surface area contributed by atoms with Gasteiger partial charge in [-0.1, -0.05) is 43.3 Å². The zero-order chi connectivity index (χ0) is 14.4. The molecule has 0 aliphatic heterocycles. The van der Waals surface area contributed by atoms with Gasteiger partial charge in [0.05, 0.1) is 6.04 Å². The van der Waals surface area contributed by atoms with Crippen LogP contribution in [0.25, 0.3) is 0 Å². The van der Waals surface area contributed by atoms with Gasteiger partial charge in [-0.25, -0.2) is 4.98 Å². The highest BCUT2D eigenvalue weighted by molar-refractivity contribution is 7.80. The molecule has 1 aromatic carbocycles. The second-order valence-corrected chi connectivity index (χ2v) is 5.10. The topological polar surface area (TPSA) is 37.0 Å². The Morgan fingerprint density at radius 1 is 1.20 bits per heavy atom. The van der Waals surface area contributed by atoms with Gasteiger partial charge >= 0.3 is 0 Å². The average molecular weight is 285 g/mol. The molecule has 2 rings (SSSR count). The number of pyridine rings is 1. The van der Waals surface area contributed by atoms with Gasteiger partial charge in [0.15, 0.2) is 5.11 Å². The van der Waals surface area contributed by atoms with Crippen LogP contribution in [0.5, 0.6) is 0 Å². The zero-order valence-corrected chi connectivity index (χ0v) is 12.6. The second-order valence-electron chi connectivity index (χ2n) is 4.69. The van der Waals surface area contributed by atoms with E-state index in [9.17, 15) is 0 Å². The van der Waals surface area contributed by atoms with Crippen molar-refractivity contribution in [3.05, 3.63) is 59.8 Å². The summed E-state index contributed by atoms with van der Waals surface area (Å²) in [5.41, 5.74) is 2.36. The van der Waals surface area contributed by atoms with Crippen molar-refractivity contribution in [1.29, 1.82) is 0 Å². The van der Waals surface area contributed by atoms with Crippen LogP contribution in [0.1, 0.15) is 30.5 Å². The Kier molecular flexibility index (Phi) is 5.07. The molecule has 0 amide bonds. The highest BCUT2D eigenvalue weighted by atomic mass is 32.1. The highest BCUT2D eigenvalue weighted by Crippen LogP contribution is 2.16. The van der Waals surface area contributed by atoms with Gasteiger partial charge in [0.25, 0.3) is 0 Å². The van der Waals surface area contributed by atoms with Gasteiger partial charge < -0.3 is 10.6 Å². The third kappa shape index (κ3) is 4.03. The molecule has 0 aliphatic carbocycles. The predicted octanol–water partition coefficient (Wildman–Crippen LogP) is 3.83. The number of aryl methyl sites for hydroxylation is 1. The first-order chi connectivity index (χ1) is 9.69. The van der Waals surface area contributed by atoms with Gasteiger partial charge in [0.2, 0.25) is 0 Å². The van der Waals surface area contributed by atoms with E-state index in [0.29, 0.717) is 5.11 Å². The molecule has 104 valence electrons. The van der Waals surface area contributed by atoms with Gasteiger partial charge in [-0.15, -0.1) is 0 Å². The third-order valence-corrected chi connectivity index (χ3v) is 3.29. The van der Waals surface area contributed by atoms with Gasteiger partial charge in [-0.3, -0.25) is 0 Å². The number of benzene rings is 1. The highest BCUT2D eigenvalue weighted by Gasteiger charge is 2.10. The summed E-state index contributed by atoms with van der Waals surface area (Å²) in [5.74, 6) is 0.760. The molecular weight excluding hydrogens is 266 g/mol. The summed E-state index contributed by atoms with van der Waals surface area (Å²) >= 11 is 5.35. The molecule has 20 heavy (non-hydrogen) atoms. The monoisotopic (exact) mass is 285 g/mol. The van der Waals surface area contributed by atoms with E-state index in [4.69, 9.17) is 12.2 Å². The van der Waals surface area contributed by atoms with E-state index in [0.717, 1.165) is 17.8 Å². The molecular formula is C16H19N3S. The number of hydrogen-bond acceptors (Lipinski definition) is 2. The summed E-state index contributed by atoms with van der Waals surface area (Å²) in [6, 6.07) is 14.4. The number of thiocarbonyl (C=S) groups is 1. The van der Waals surface area contributed by atoms with Crippen molar-refractivity contribution >= 4 is 23.1 Å². The van der Waals surface area contributed by atoms with Crippen LogP contribution in [0.4, 0.5) is 5.82 Å². The Morgan fingerprint density at radius 2 is 1.95 bits per heavy atom. The van der Waals surface area contributed by atoms with Crippen molar-refractivity contribution in [2.24, 2.45) is 0 Å². The molecule has 1 unspecified atom stereocenters. The number of nitrogens with one attached hydrogen (secondary N) is 2. The van der Waals surface area contributed by atoms with Gasteiger partial charge in [-0.2, -0.15) is 0 Å². The van der Waals surface area contributed by atoms with E-state index in [1.54, 1.807) is 0 Å². The molecule has 0 saturated heterocycles. The van der Waals surface area contributed by atoms with Gasteiger partial charge in [0.1, 0.15) is 5.82 Å². The normalized spacial score (nSPS) is 11.7. The van der Waals surface area contributed by atoms with E-state index in [-0.39, 0.29) is 6.04 Å². The minimum Gasteiger partial charge on any atom is -0.356 e. The smallest absolute Gasteiger partial charge is 0.172 e. The number of rotatable bonds is 4. The summed E-state index contributed by atoms with van der Waals surface area (Å²) in [6.45, 7) is 4.15. The van der Waals surface area contributed by atoms with Gasteiger partial charge in [-0.05, 0) is 42.8 Å². The fourth-order valence-electron chi connectivity index (χ4n) is 1.96. The Hall–Kier alpha value is -1.94. The van der Waals surface area contributed by atoms with Crippen molar-refractivity contribution in [1.82, 2.24) is 10.3 Å². The largest absolute Gasteiger partial charge is 0.356 e. The second kappa shape index (κ2) is 7.01. The summed E-state index contributed by atoms with van der Waals surface area (Å²) < 4.78 is 0. The minimum atomic E-state index is 0.210. The molecule has 2 N–H and O–H groups in total. The van der Waals surface area contributed by atoms with Crippen LogP contribution >= 0.6 is 12.2 Å². The lowest BCUT2D eigenvalue weighted by Gasteiger charge is -2.19. The van der Waals surface area contributed by atoms with Crippen LogP contribution in [0, 0.1) is 6.92 Å². The first kappa shape index (κ1) is 14.5. The molecule has 0 radical (unpaired) electrons. The van der Waals surface area contributed by atoms with Crippen molar-refractivity contribution < 1.29 is 0 Å². The fourth-order valence-corrected chi connectivity index (χ4v) is 2.21. The van der Waals surface area contributed by atoms with E-state index in [1.807, 2.05) is 43.5 Å². The maximum atomic E-state index is 5.35. The lowest BCUT2D eigenvalue weighted by Crippen LogP contribution is -2.32. The maximum absolute atomic E-state index is 5.35. The van der Waals surface area contributed by atoms with Crippen LogP contribution < -0.4 is 10.6 Å². The average Bonchev–Trinajstić information content (AvgIpc) is 2.48. The van der Waals surface area contributed by atoms with Crippen molar-refractivity contribution in [2.75, 3.05) is 5.32 Å². The van der Waals surface area contributed by atoms with Crippen LogP contribution in [0.3, 0.4) is 0 Å². The quantitative estimate of drug-likeness (QED) is 0.837. The summed E-state index contributed by atoms with van der Waals surface area (Å²) in [5, 5.41) is 7.03. The summed E-state index contributed by atoms with van der Waals surface area (Å²) in [7, 11) is 0. The standard InChI is InChI=1S/C16H19N3S/c1-3-14(13-7-5-4-6-8-13)18-16(20)19-15-10-9-12(2)11-17-15/h4-11,14H,3H2,1-2H3,(H2,17,18,19,20). The maximum Gasteiger partial charge on any atom is 0.172 e. The number of hydrogen-bond donors (Lipinski definition) is 2. The lowest BCUT2D eigenvalue weighted by atomic mass is 10.1. The minimum absolute atomic E-state index is 0.210. The van der Waals surface area contributed by atoms with Crippen molar-refractivity contribution in [3.63, 3.8) is 0 Å². The molecule has 2 aromatic rings. The van der Waals surface area contributed by atoms with Crippen LogP contribution in [0.2, 0.25) is 0 Å². The Balaban J connectivity index is 1.97. The van der Waals surface area contributed by atoms with E-state index in [1.165, 1.54) is 5.56 Å². The number of aromatic nitrogens is 1. The van der Waals surface area contributed by atoms with E-state index in [2.05, 4.69) is 34.7 Å². The Labute approximate surface area is 125 Å². The van der Waals surface area contributed by atoms with E-state index >= 15 is 0 Å². The van der Waals surface area contributed by atoms with Gasteiger partial charge in [0, 0.05) is 6.20 Å². The molecule has 0 bridgehead atoms. The molecule has 3 nitrogen and oxygen atoms in total. The third-order valence-electron chi connectivity index (χ3n) is 3.07. The Bertz CT molecular complexity index is 552. The first-order valence-electron chi connectivity index (χ1n) is 6.74. The number of anilines is 1. The molecule has 1 heterocycles. The zero-order valence-electron chi connectivity index (χ0n) is 11.8. The lowest BCUT2D eigenvalue weighted by molar-refractivity contribution is 0.629. The van der Waals surface area contributed by atoms with Crippen molar-refractivity contribution in [2.45, 2.75) is 26.3 Å². The molecule has 0 spiro atoms. The van der Waals surface area contributed by atoms with Crippen LogP contribution in [0.15, 0.2) is 48.7 Å². The molecule has 0 aliphatic rings. The van der Waals surface area contributed by atoms with Crippen LogP contribution in [-0.2, 0) is 0 Å². The summed E-state index contributed by atoms with van der Waals surface area (Å²) in [6.07, 6.45) is 2.78. The summed E-state index contributed by atoms with van der Waals surface area (Å²) in [4.78, 5) is 4.29. The molecule has 0 saturated carbocycles. The molecule has 1 aromatic heterocycles. The predicted molar refractivity (Wildman–Crippen MR) is 87.8 cm³/mol. The Morgan fingerprint density at radius 3 is 2.55 bits per heavy atom. The first-order valence-corrected chi connectivity index (χ1v) is 7.15. The fraction of sp³-hybridized carbons (Fsp3) is 0.250. The van der Waals surface area contributed by atoms with Crippen molar-refractivity contribution in [3.8, 4) is 0 Å². The number of nitrogens with zero attached hydrogens (tertiary/aromatic N) is 1. The SMILES string of the molecule is CCC(NC(=S)Nc1ccc(C)cn1)c1ccccc1. The van der Waals surface area contributed by atoms with Crippen LogP contribution in [-0.4, -0.2) is 10.1 Å². The molecule has 0 fully saturated rings. The van der Waals surface area contributed by atoms with E-state index < -0.39 is 0 Å². The molecule has 1 atom stereocenters.